The number of anilines is 1. The predicted octanol–water partition coefficient (Wildman–Crippen LogP) is 1.24. The van der Waals surface area contributed by atoms with Crippen molar-refractivity contribution in [2.75, 3.05) is 32.6 Å². The van der Waals surface area contributed by atoms with Gasteiger partial charge in [0, 0.05) is 18.7 Å². The Bertz CT molecular complexity index is 297. The summed E-state index contributed by atoms with van der Waals surface area (Å²) in [6, 6.07) is 4.06. The maximum absolute atomic E-state index is 5.43. The number of likely N-dealkylation sites (N-methyl/N-ethyl adjacent to an activating group) is 1. The van der Waals surface area contributed by atoms with Crippen LogP contribution in [0, 0.1) is 0 Å². The monoisotopic (exact) mass is 224 g/mol. The molecule has 0 saturated heterocycles. The molecule has 0 amide bonds. The molecule has 0 aliphatic carbocycles. The number of nitrogens with one attached hydrogen (secondary N) is 1. The Hall–Kier alpha value is -1.36. The first-order chi connectivity index (χ1) is 7.58. The van der Waals surface area contributed by atoms with Gasteiger partial charge in [-0.25, -0.2) is 0 Å². The first kappa shape index (κ1) is 12.7. The van der Waals surface area contributed by atoms with Crippen LogP contribution < -0.4 is 10.1 Å². The first-order valence-corrected chi connectivity index (χ1v) is 5.45. The van der Waals surface area contributed by atoms with Crippen LogP contribution >= 0.6 is 0 Å². The van der Waals surface area contributed by atoms with Gasteiger partial charge in [-0.2, -0.15) is 0 Å². The van der Waals surface area contributed by atoms with Crippen molar-refractivity contribution < 1.29 is 4.74 Å². The molecule has 0 fully saturated rings. The molecule has 1 heterocycles. The SMILES string of the molecule is CC(C)Nc1ccc(OCCN(C)C)nn1. The molecule has 0 radical (unpaired) electrons. The molecule has 0 spiro atoms. The number of aromatic nitrogens is 2. The highest BCUT2D eigenvalue weighted by atomic mass is 16.5. The number of ether oxygens (including phenoxy) is 1. The van der Waals surface area contributed by atoms with Gasteiger partial charge in [0.15, 0.2) is 0 Å². The van der Waals surface area contributed by atoms with E-state index in [9.17, 15) is 0 Å². The number of hydrogen-bond acceptors (Lipinski definition) is 5. The van der Waals surface area contributed by atoms with Crippen LogP contribution in [0.2, 0.25) is 0 Å². The second-order valence-corrected chi connectivity index (χ2v) is 4.21. The first-order valence-electron chi connectivity index (χ1n) is 5.45. The molecule has 5 heteroatoms. The van der Waals surface area contributed by atoms with Crippen LogP contribution in [-0.2, 0) is 0 Å². The average Bonchev–Trinajstić information content (AvgIpc) is 2.19. The lowest BCUT2D eigenvalue weighted by Gasteiger charge is -2.11. The van der Waals surface area contributed by atoms with Crippen molar-refractivity contribution in [3.8, 4) is 5.88 Å². The topological polar surface area (TPSA) is 50.3 Å². The standard InChI is InChI=1S/C11H20N4O/c1-9(2)12-10-5-6-11(14-13-10)16-8-7-15(3)4/h5-6,9H,7-8H2,1-4H3,(H,12,13). The van der Waals surface area contributed by atoms with Gasteiger partial charge < -0.3 is 15.0 Å². The minimum atomic E-state index is 0.356. The van der Waals surface area contributed by atoms with Crippen molar-refractivity contribution in [1.82, 2.24) is 15.1 Å². The molecule has 1 aromatic heterocycles. The van der Waals surface area contributed by atoms with Crippen LogP contribution in [0.5, 0.6) is 5.88 Å². The van der Waals surface area contributed by atoms with E-state index in [1.54, 1.807) is 0 Å². The summed E-state index contributed by atoms with van der Waals surface area (Å²) < 4.78 is 5.43. The highest BCUT2D eigenvalue weighted by molar-refractivity contribution is 5.34. The fourth-order valence-electron chi connectivity index (χ4n) is 1.10. The zero-order chi connectivity index (χ0) is 12.0. The zero-order valence-electron chi connectivity index (χ0n) is 10.4. The summed E-state index contributed by atoms with van der Waals surface area (Å²) in [5.74, 6) is 1.34. The third-order valence-corrected chi connectivity index (χ3v) is 1.87. The predicted molar refractivity (Wildman–Crippen MR) is 64.8 cm³/mol. The van der Waals surface area contributed by atoms with Crippen molar-refractivity contribution in [3.05, 3.63) is 12.1 Å². The van der Waals surface area contributed by atoms with E-state index in [1.807, 2.05) is 26.2 Å². The maximum atomic E-state index is 5.43. The smallest absolute Gasteiger partial charge is 0.233 e. The van der Waals surface area contributed by atoms with Crippen LogP contribution in [0.25, 0.3) is 0 Å². The highest BCUT2D eigenvalue weighted by Gasteiger charge is 2.00. The third kappa shape index (κ3) is 4.93. The summed E-state index contributed by atoms with van der Waals surface area (Å²) in [7, 11) is 4.01. The van der Waals surface area contributed by atoms with Crippen LogP contribution in [-0.4, -0.2) is 48.4 Å². The van der Waals surface area contributed by atoms with E-state index in [0.29, 0.717) is 18.5 Å². The molecule has 1 N–H and O–H groups in total. The Morgan fingerprint density at radius 2 is 2.06 bits per heavy atom. The van der Waals surface area contributed by atoms with E-state index in [0.717, 1.165) is 12.4 Å². The summed E-state index contributed by atoms with van der Waals surface area (Å²) in [6.07, 6.45) is 0. The lowest BCUT2D eigenvalue weighted by Crippen LogP contribution is -2.19. The third-order valence-electron chi connectivity index (χ3n) is 1.87. The van der Waals surface area contributed by atoms with Gasteiger partial charge in [-0.3, -0.25) is 0 Å². The Balaban J connectivity index is 2.39. The molecule has 90 valence electrons. The van der Waals surface area contributed by atoms with E-state index in [2.05, 4.69) is 34.3 Å². The molecule has 0 bridgehead atoms. The van der Waals surface area contributed by atoms with Crippen LogP contribution in [0.15, 0.2) is 12.1 Å². The van der Waals surface area contributed by atoms with E-state index < -0.39 is 0 Å². The van der Waals surface area contributed by atoms with Gasteiger partial charge in [-0.1, -0.05) is 0 Å². The highest BCUT2D eigenvalue weighted by Crippen LogP contribution is 2.08. The molecule has 0 aromatic carbocycles. The number of hydrogen-bond donors (Lipinski definition) is 1. The summed E-state index contributed by atoms with van der Waals surface area (Å²) in [5, 5.41) is 11.2. The zero-order valence-corrected chi connectivity index (χ0v) is 10.4. The molecule has 1 rings (SSSR count). The number of nitrogens with zero attached hydrogens (tertiary/aromatic N) is 3. The maximum Gasteiger partial charge on any atom is 0.233 e. The van der Waals surface area contributed by atoms with Gasteiger partial charge in [0.25, 0.3) is 0 Å². The van der Waals surface area contributed by atoms with Gasteiger partial charge in [-0.05, 0) is 34.0 Å². The Kier molecular flexibility index (Phi) is 4.98. The summed E-state index contributed by atoms with van der Waals surface area (Å²) in [6.45, 7) is 5.61. The summed E-state index contributed by atoms with van der Waals surface area (Å²) in [5.41, 5.74) is 0. The van der Waals surface area contributed by atoms with Crippen molar-refractivity contribution in [3.63, 3.8) is 0 Å². The van der Waals surface area contributed by atoms with Crippen molar-refractivity contribution in [2.24, 2.45) is 0 Å². The molecule has 1 aromatic rings. The minimum Gasteiger partial charge on any atom is -0.475 e. The molecule has 0 saturated carbocycles. The van der Waals surface area contributed by atoms with Crippen LogP contribution in [0.3, 0.4) is 0 Å². The minimum absolute atomic E-state index is 0.356. The molecular formula is C11H20N4O. The summed E-state index contributed by atoms with van der Waals surface area (Å²) in [4.78, 5) is 2.06. The normalized spacial score (nSPS) is 10.9. The Morgan fingerprint density at radius 3 is 2.56 bits per heavy atom. The van der Waals surface area contributed by atoms with E-state index in [4.69, 9.17) is 4.74 Å². The molecule has 0 aliphatic rings. The fraction of sp³-hybridized carbons (Fsp3) is 0.636. The van der Waals surface area contributed by atoms with E-state index in [1.165, 1.54) is 0 Å². The molecule has 16 heavy (non-hydrogen) atoms. The van der Waals surface area contributed by atoms with E-state index in [-0.39, 0.29) is 0 Å². The van der Waals surface area contributed by atoms with Crippen molar-refractivity contribution in [1.29, 1.82) is 0 Å². The van der Waals surface area contributed by atoms with Gasteiger partial charge in [-0.15, -0.1) is 10.2 Å². The Labute approximate surface area is 96.8 Å². The molecular weight excluding hydrogens is 204 g/mol. The fourth-order valence-corrected chi connectivity index (χ4v) is 1.10. The van der Waals surface area contributed by atoms with Gasteiger partial charge in [0.1, 0.15) is 12.4 Å². The van der Waals surface area contributed by atoms with Gasteiger partial charge >= 0.3 is 0 Å². The largest absolute Gasteiger partial charge is 0.475 e. The lowest BCUT2D eigenvalue weighted by molar-refractivity contribution is 0.252. The van der Waals surface area contributed by atoms with Gasteiger partial charge in [0.05, 0.1) is 0 Å². The second-order valence-electron chi connectivity index (χ2n) is 4.21. The van der Waals surface area contributed by atoms with E-state index >= 15 is 0 Å². The van der Waals surface area contributed by atoms with Gasteiger partial charge in [0.2, 0.25) is 5.88 Å². The quantitative estimate of drug-likeness (QED) is 0.787. The lowest BCUT2D eigenvalue weighted by atomic mass is 10.4. The molecule has 0 aliphatic heterocycles. The average molecular weight is 224 g/mol. The van der Waals surface area contributed by atoms with Crippen molar-refractivity contribution >= 4 is 5.82 Å². The Morgan fingerprint density at radius 1 is 1.31 bits per heavy atom. The van der Waals surface area contributed by atoms with Crippen LogP contribution in [0.1, 0.15) is 13.8 Å². The second kappa shape index (κ2) is 6.27. The number of rotatable bonds is 6. The summed E-state index contributed by atoms with van der Waals surface area (Å²) >= 11 is 0. The van der Waals surface area contributed by atoms with Crippen molar-refractivity contribution in [2.45, 2.75) is 19.9 Å². The molecule has 0 unspecified atom stereocenters. The molecule has 5 nitrogen and oxygen atoms in total. The van der Waals surface area contributed by atoms with Crippen LogP contribution in [0.4, 0.5) is 5.82 Å². The molecule has 0 atom stereocenters.